The maximum absolute atomic E-state index is 13.6. The molecule has 9 heteroatoms. The second-order valence-electron chi connectivity index (χ2n) is 9.57. The fourth-order valence-corrected chi connectivity index (χ4v) is 4.71. The van der Waals surface area contributed by atoms with Crippen molar-refractivity contribution in [2.45, 2.75) is 59.7 Å². The Kier molecular flexibility index (Phi) is 8.77. The third-order valence-corrected chi connectivity index (χ3v) is 6.66. The first-order valence-corrected chi connectivity index (χ1v) is 13.2. The van der Waals surface area contributed by atoms with Crippen LogP contribution in [0.25, 0.3) is 0 Å². The molecule has 34 heavy (non-hydrogen) atoms. The van der Waals surface area contributed by atoms with Gasteiger partial charge in [0.15, 0.2) is 0 Å². The number of para-hydroxylation sites is 1. The van der Waals surface area contributed by atoms with E-state index in [1.807, 2.05) is 26.8 Å². The summed E-state index contributed by atoms with van der Waals surface area (Å²) >= 11 is 5.99. The minimum absolute atomic E-state index is 0.124. The van der Waals surface area contributed by atoms with Gasteiger partial charge in [0.2, 0.25) is 21.8 Å². The summed E-state index contributed by atoms with van der Waals surface area (Å²) < 4.78 is 26.6. The fraction of sp³-hybridized carbons (Fsp3) is 0.440. The Labute approximate surface area is 208 Å². The molecule has 1 N–H and O–H groups in total. The van der Waals surface area contributed by atoms with E-state index >= 15 is 0 Å². The highest BCUT2D eigenvalue weighted by Gasteiger charge is 2.32. The van der Waals surface area contributed by atoms with Gasteiger partial charge in [0.25, 0.3) is 0 Å². The lowest BCUT2D eigenvalue weighted by Crippen LogP contribution is -2.54. The number of hydrogen-bond acceptors (Lipinski definition) is 4. The number of amides is 2. The molecule has 0 saturated heterocycles. The highest BCUT2D eigenvalue weighted by Crippen LogP contribution is 2.27. The van der Waals surface area contributed by atoms with Gasteiger partial charge in [0.1, 0.15) is 12.6 Å². The summed E-state index contributed by atoms with van der Waals surface area (Å²) in [6.45, 7) is 10.5. The summed E-state index contributed by atoms with van der Waals surface area (Å²) in [6, 6.07) is 11.6. The van der Waals surface area contributed by atoms with Crippen molar-refractivity contribution >= 4 is 39.1 Å². The molecule has 0 aromatic heterocycles. The number of halogens is 1. The van der Waals surface area contributed by atoms with Crippen molar-refractivity contribution < 1.29 is 18.0 Å². The van der Waals surface area contributed by atoms with Crippen LogP contribution in [-0.2, 0) is 26.2 Å². The molecule has 0 aliphatic heterocycles. The number of anilines is 1. The van der Waals surface area contributed by atoms with Gasteiger partial charge in [-0.05, 0) is 70.4 Å². The van der Waals surface area contributed by atoms with Crippen molar-refractivity contribution in [3.8, 4) is 0 Å². The smallest absolute Gasteiger partial charge is 0.244 e. The minimum Gasteiger partial charge on any atom is -0.350 e. The van der Waals surface area contributed by atoms with Crippen molar-refractivity contribution in [1.29, 1.82) is 0 Å². The van der Waals surface area contributed by atoms with Gasteiger partial charge in [-0.1, -0.05) is 41.9 Å². The van der Waals surface area contributed by atoms with Crippen LogP contribution in [0.4, 0.5) is 5.69 Å². The maximum atomic E-state index is 13.6. The van der Waals surface area contributed by atoms with Crippen LogP contribution in [0.2, 0.25) is 5.02 Å². The zero-order chi connectivity index (χ0) is 25.8. The lowest BCUT2D eigenvalue weighted by molar-refractivity contribution is -0.140. The topological polar surface area (TPSA) is 86.8 Å². The van der Waals surface area contributed by atoms with Gasteiger partial charge in [-0.3, -0.25) is 13.9 Å². The first kappa shape index (κ1) is 27.7. The second kappa shape index (κ2) is 10.8. The molecule has 2 aromatic carbocycles. The zero-order valence-electron chi connectivity index (χ0n) is 20.8. The second-order valence-corrected chi connectivity index (χ2v) is 11.9. The molecule has 0 aliphatic rings. The number of carbonyl (C=O) groups is 2. The molecule has 1 unspecified atom stereocenters. The first-order chi connectivity index (χ1) is 15.6. The molecule has 2 amide bonds. The van der Waals surface area contributed by atoms with E-state index in [0.29, 0.717) is 10.7 Å². The first-order valence-electron chi connectivity index (χ1n) is 11.0. The van der Waals surface area contributed by atoms with Gasteiger partial charge in [-0.2, -0.15) is 0 Å². The van der Waals surface area contributed by atoms with E-state index in [4.69, 9.17) is 11.6 Å². The molecule has 0 bridgehead atoms. The van der Waals surface area contributed by atoms with Crippen molar-refractivity contribution in [1.82, 2.24) is 10.2 Å². The molecule has 0 heterocycles. The lowest BCUT2D eigenvalue weighted by Gasteiger charge is -2.33. The van der Waals surface area contributed by atoms with Gasteiger partial charge in [-0.15, -0.1) is 0 Å². The predicted molar refractivity (Wildman–Crippen MR) is 137 cm³/mol. The average molecular weight is 508 g/mol. The average Bonchev–Trinajstić information content (AvgIpc) is 2.69. The van der Waals surface area contributed by atoms with E-state index < -0.39 is 34.1 Å². The van der Waals surface area contributed by atoms with Crippen LogP contribution in [0.3, 0.4) is 0 Å². The number of nitrogens with zero attached hydrogens (tertiary/aromatic N) is 2. The van der Waals surface area contributed by atoms with E-state index in [2.05, 4.69) is 5.32 Å². The number of aryl methyl sites for hydroxylation is 2. The SMILES string of the molecule is Cc1cccc(C)c1N(CC(=O)N(Cc1ccc(Cl)cc1)C(C)C(=O)NC(C)(C)C)S(C)(=O)=O. The highest BCUT2D eigenvalue weighted by molar-refractivity contribution is 7.92. The number of nitrogens with one attached hydrogen (secondary N) is 1. The van der Waals surface area contributed by atoms with Gasteiger partial charge in [0, 0.05) is 17.1 Å². The van der Waals surface area contributed by atoms with Crippen LogP contribution in [0.15, 0.2) is 42.5 Å². The molecule has 7 nitrogen and oxygen atoms in total. The Morgan fingerprint density at radius 1 is 1.03 bits per heavy atom. The van der Waals surface area contributed by atoms with Gasteiger partial charge >= 0.3 is 0 Å². The van der Waals surface area contributed by atoms with Crippen LogP contribution in [-0.4, -0.2) is 49.5 Å². The Morgan fingerprint density at radius 2 is 1.56 bits per heavy atom. The molecule has 0 saturated carbocycles. The number of rotatable bonds is 8. The summed E-state index contributed by atoms with van der Waals surface area (Å²) in [4.78, 5) is 27.9. The standard InChI is InChI=1S/C25H34ClN3O4S/c1-17-9-8-10-18(2)23(17)29(34(7,32)33)16-22(30)28(15-20-11-13-21(26)14-12-20)19(3)24(31)27-25(4,5)6/h8-14,19H,15-16H2,1-7H3,(H,27,31). The lowest BCUT2D eigenvalue weighted by atomic mass is 10.1. The van der Waals surface area contributed by atoms with Gasteiger partial charge < -0.3 is 10.2 Å². The Bertz CT molecular complexity index is 1120. The third-order valence-electron chi connectivity index (χ3n) is 5.30. The van der Waals surface area contributed by atoms with Crippen molar-refractivity contribution in [3.63, 3.8) is 0 Å². The molecule has 2 rings (SSSR count). The van der Waals surface area contributed by atoms with E-state index in [9.17, 15) is 18.0 Å². The monoisotopic (exact) mass is 507 g/mol. The largest absolute Gasteiger partial charge is 0.350 e. The van der Waals surface area contributed by atoms with Crippen LogP contribution < -0.4 is 9.62 Å². The molecular weight excluding hydrogens is 474 g/mol. The van der Waals surface area contributed by atoms with Crippen molar-refractivity contribution in [2.75, 3.05) is 17.1 Å². The Balaban J connectivity index is 2.45. The molecule has 0 aliphatic carbocycles. The molecular formula is C25H34ClN3O4S. The molecule has 1 atom stereocenters. The summed E-state index contributed by atoms with van der Waals surface area (Å²) in [5, 5.41) is 3.45. The fourth-order valence-electron chi connectivity index (χ4n) is 3.62. The number of hydrogen-bond donors (Lipinski definition) is 1. The van der Waals surface area contributed by atoms with E-state index in [-0.39, 0.29) is 12.5 Å². The maximum Gasteiger partial charge on any atom is 0.244 e. The third kappa shape index (κ3) is 7.46. The van der Waals surface area contributed by atoms with Crippen LogP contribution >= 0.6 is 11.6 Å². The molecule has 0 spiro atoms. The van der Waals surface area contributed by atoms with Crippen molar-refractivity contribution in [3.05, 3.63) is 64.2 Å². The highest BCUT2D eigenvalue weighted by atomic mass is 35.5. The van der Waals surface area contributed by atoms with Gasteiger partial charge in [-0.25, -0.2) is 8.42 Å². The normalized spacial score (nSPS) is 12.7. The molecule has 186 valence electrons. The Hall–Kier alpha value is -2.58. The van der Waals surface area contributed by atoms with E-state index in [1.165, 1.54) is 4.90 Å². The molecule has 0 radical (unpaired) electrons. The van der Waals surface area contributed by atoms with Crippen LogP contribution in [0.5, 0.6) is 0 Å². The predicted octanol–water partition coefficient (Wildman–Crippen LogP) is 4.05. The van der Waals surface area contributed by atoms with Gasteiger partial charge in [0.05, 0.1) is 11.9 Å². The number of benzene rings is 2. The number of carbonyl (C=O) groups excluding carboxylic acids is 2. The minimum atomic E-state index is -3.78. The van der Waals surface area contributed by atoms with Crippen LogP contribution in [0.1, 0.15) is 44.4 Å². The molecule has 2 aromatic rings. The summed E-state index contributed by atoms with van der Waals surface area (Å²) in [7, 11) is -3.78. The Morgan fingerprint density at radius 3 is 2.03 bits per heavy atom. The quantitative estimate of drug-likeness (QED) is 0.583. The van der Waals surface area contributed by atoms with E-state index in [0.717, 1.165) is 27.3 Å². The van der Waals surface area contributed by atoms with E-state index in [1.54, 1.807) is 57.2 Å². The summed E-state index contributed by atoms with van der Waals surface area (Å²) in [6.07, 6.45) is 1.07. The van der Waals surface area contributed by atoms with Crippen molar-refractivity contribution in [2.24, 2.45) is 0 Å². The molecule has 0 fully saturated rings. The summed E-state index contributed by atoms with van der Waals surface area (Å²) in [5.41, 5.74) is 2.22. The van der Waals surface area contributed by atoms with Crippen LogP contribution in [0, 0.1) is 13.8 Å². The number of sulfonamides is 1. The summed E-state index contributed by atoms with van der Waals surface area (Å²) in [5.74, 6) is -0.813. The zero-order valence-corrected chi connectivity index (χ0v) is 22.4.